The van der Waals surface area contributed by atoms with Gasteiger partial charge < -0.3 is 15.1 Å². The Morgan fingerprint density at radius 3 is 2.50 bits per heavy atom. The number of amides is 2. The van der Waals surface area contributed by atoms with Crippen LogP contribution < -0.4 is 15.8 Å². The molecule has 1 N–H and O–H groups in total. The quantitative estimate of drug-likeness (QED) is 0.550. The number of likely N-dealkylation sites (tertiary alicyclic amines) is 1. The molecule has 2 aliphatic heterocycles. The number of hydrogen-bond acceptors (Lipinski definition) is 7. The molecule has 5 rings (SSSR count). The lowest BCUT2D eigenvalue weighted by Gasteiger charge is -2.35. The maximum atomic E-state index is 13.0. The van der Waals surface area contributed by atoms with Gasteiger partial charge in [0.2, 0.25) is 11.8 Å². The van der Waals surface area contributed by atoms with Crippen molar-refractivity contribution in [3.05, 3.63) is 52.1 Å². The van der Waals surface area contributed by atoms with Gasteiger partial charge in [-0.1, -0.05) is 41.2 Å². The second kappa shape index (κ2) is 10.8. The zero-order chi connectivity index (χ0) is 25.1. The minimum absolute atomic E-state index is 0.0718. The molecule has 9 nitrogen and oxygen atoms in total. The van der Waals surface area contributed by atoms with Gasteiger partial charge >= 0.3 is 0 Å². The van der Waals surface area contributed by atoms with Crippen molar-refractivity contribution in [3.63, 3.8) is 0 Å². The molecule has 2 aliphatic rings. The van der Waals surface area contributed by atoms with Crippen LogP contribution in [0.3, 0.4) is 0 Å². The monoisotopic (exact) mass is 508 g/mol. The summed E-state index contributed by atoms with van der Waals surface area (Å²) in [6, 6.07) is 7.95. The van der Waals surface area contributed by atoms with Crippen molar-refractivity contribution in [2.24, 2.45) is 5.92 Å². The summed E-state index contributed by atoms with van der Waals surface area (Å²) in [4.78, 5) is 51.4. The van der Waals surface area contributed by atoms with E-state index in [4.69, 9.17) is 0 Å². The van der Waals surface area contributed by atoms with Gasteiger partial charge in [-0.05, 0) is 44.6 Å². The van der Waals surface area contributed by atoms with Crippen LogP contribution in [0.5, 0.6) is 0 Å². The first-order valence-electron chi connectivity index (χ1n) is 12.7. The number of anilines is 1. The zero-order valence-electron chi connectivity index (χ0n) is 20.6. The number of nitrogens with zero attached hydrogens (tertiary/aromatic N) is 5. The van der Waals surface area contributed by atoms with Gasteiger partial charge in [-0.25, -0.2) is 4.98 Å². The van der Waals surface area contributed by atoms with Crippen molar-refractivity contribution >= 4 is 38.6 Å². The average molecular weight is 509 g/mol. The van der Waals surface area contributed by atoms with Gasteiger partial charge in [0.1, 0.15) is 17.6 Å². The zero-order valence-corrected chi connectivity index (χ0v) is 21.4. The summed E-state index contributed by atoms with van der Waals surface area (Å²) in [6.45, 7) is 5.58. The highest BCUT2D eigenvalue weighted by molar-refractivity contribution is 7.22. The second-order valence-corrected chi connectivity index (χ2v) is 10.7. The van der Waals surface area contributed by atoms with Crippen molar-refractivity contribution in [2.75, 3.05) is 31.1 Å². The Morgan fingerprint density at radius 1 is 1.06 bits per heavy atom. The number of piperidine rings is 2. The van der Waals surface area contributed by atoms with Gasteiger partial charge in [-0.2, -0.15) is 4.98 Å². The summed E-state index contributed by atoms with van der Waals surface area (Å²) < 4.78 is 1.78. The molecule has 0 radical (unpaired) electrons. The number of carbonyl (C=O) groups is 2. The molecule has 0 unspecified atom stereocenters. The number of hydrogen-bond donors (Lipinski definition) is 1. The average Bonchev–Trinajstić information content (AvgIpc) is 3.35. The van der Waals surface area contributed by atoms with Crippen LogP contribution in [0.2, 0.25) is 0 Å². The van der Waals surface area contributed by atoms with Gasteiger partial charge in [0.15, 0.2) is 10.8 Å². The lowest BCUT2D eigenvalue weighted by atomic mass is 9.94. The third-order valence-electron chi connectivity index (χ3n) is 7.08. The number of fused-ring (bicyclic) bond motifs is 1. The van der Waals surface area contributed by atoms with Crippen LogP contribution in [0.1, 0.15) is 43.2 Å². The highest BCUT2D eigenvalue weighted by Gasteiger charge is 2.30. The number of aryl methyl sites for hydroxylation is 1. The fraction of sp³-hybridized carbons (Fsp3) is 0.500. The van der Waals surface area contributed by atoms with E-state index in [0.29, 0.717) is 22.8 Å². The first kappa shape index (κ1) is 24.4. The summed E-state index contributed by atoms with van der Waals surface area (Å²) in [6.07, 6.45) is 6.41. The second-order valence-electron chi connectivity index (χ2n) is 9.74. The molecule has 2 aromatic heterocycles. The predicted molar refractivity (Wildman–Crippen MR) is 140 cm³/mol. The molecule has 0 aliphatic carbocycles. The van der Waals surface area contributed by atoms with Crippen LogP contribution in [0.25, 0.3) is 10.3 Å². The molecule has 3 aromatic rings. The summed E-state index contributed by atoms with van der Waals surface area (Å²) >= 11 is 1.31. The Kier molecular flexibility index (Phi) is 7.31. The first-order chi connectivity index (χ1) is 17.5. The fourth-order valence-electron chi connectivity index (χ4n) is 4.89. The number of carbonyl (C=O) groups excluding carboxylic acids is 2. The van der Waals surface area contributed by atoms with Crippen LogP contribution in [0.15, 0.2) is 35.4 Å². The van der Waals surface area contributed by atoms with Crippen LogP contribution >= 0.6 is 11.3 Å². The van der Waals surface area contributed by atoms with Crippen LogP contribution in [-0.4, -0.2) is 57.4 Å². The van der Waals surface area contributed by atoms with E-state index in [2.05, 4.69) is 20.2 Å². The molecule has 36 heavy (non-hydrogen) atoms. The van der Waals surface area contributed by atoms with Crippen LogP contribution in [0.4, 0.5) is 5.13 Å². The topological polar surface area (TPSA) is 100 Å². The Labute approximate surface area is 214 Å². The molecule has 2 saturated heterocycles. The number of nitrogens with one attached hydrogen (secondary N) is 1. The van der Waals surface area contributed by atoms with E-state index in [1.165, 1.54) is 28.7 Å². The molecule has 2 fully saturated rings. The van der Waals surface area contributed by atoms with Gasteiger partial charge in [0.25, 0.3) is 5.56 Å². The summed E-state index contributed by atoms with van der Waals surface area (Å²) in [5.41, 5.74) is 2.31. The molecule has 1 aromatic carbocycles. The summed E-state index contributed by atoms with van der Waals surface area (Å²) in [5, 5.41) is 3.61. The molecular weight excluding hydrogens is 476 g/mol. The van der Waals surface area contributed by atoms with E-state index in [9.17, 15) is 14.4 Å². The van der Waals surface area contributed by atoms with E-state index in [0.717, 1.165) is 68.1 Å². The van der Waals surface area contributed by atoms with E-state index in [-0.39, 0.29) is 23.9 Å². The molecule has 2 amide bonds. The van der Waals surface area contributed by atoms with E-state index in [1.54, 1.807) is 0 Å². The summed E-state index contributed by atoms with van der Waals surface area (Å²) in [5.74, 6) is 0.121. The van der Waals surface area contributed by atoms with Crippen molar-refractivity contribution in [1.82, 2.24) is 24.8 Å². The van der Waals surface area contributed by atoms with Gasteiger partial charge in [-0.15, -0.1) is 0 Å². The van der Waals surface area contributed by atoms with Crippen molar-refractivity contribution in [1.29, 1.82) is 0 Å². The molecule has 0 bridgehead atoms. The molecule has 4 heterocycles. The summed E-state index contributed by atoms with van der Waals surface area (Å²) in [7, 11) is 0. The molecule has 0 saturated carbocycles. The van der Waals surface area contributed by atoms with E-state index >= 15 is 0 Å². The molecule has 10 heteroatoms. The Hall–Kier alpha value is -3.27. The third-order valence-corrected chi connectivity index (χ3v) is 8.17. The normalized spacial score (nSPS) is 16.9. The Bertz CT molecular complexity index is 1290. The van der Waals surface area contributed by atoms with Crippen molar-refractivity contribution in [3.8, 4) is 0 Å². The predicted octanol–water partition coefficient (Wildman–Crippen LogP) is 2.71. The number of aromatic nitrogens is 3. The SMILES string of the molecule is Cc1ccc(CNC(=O)Cn2cnc3nc(N4CCC(C(=O)N5CCCCC5)CC4)sc3c2=O)cc1. The number of rotatable bonds is 6. The highest BCUT2D eigenvalue weighted by Crippen LogP contribution is 2.30. The van der Waals surface area contributed by atoms with Gasteiger partial charge in [0, 0.05) is 38.6 Å². The largest absolute Gasteiger partial charge is 0.350 e. The van der Waals surface area contributed by atoms with Gasteiger partial charge in [-0.3, -0.25) is 19.0 Å². The van der Waals surface area contributed by atoms with E-state index in [1.807, 2.05) is 36.1 Å². The number of benzene rings is 1. The van der Waals surface area contributed by atoms with Crippen LogP contribution in [-0.2, 0) is 22.7 Å². The lowest BCUT2D eigenvalue weighted by Crippen LogP contribution is -2.44. The van der Waals surface area contributed by atoms with Crippen molar-refractivity contribution in [2.45, 2.75) is 52.1 Å². The minimum Gasteiger partial charge on any atom is -0.350 e. The fourth-order valence-corrected chi connectivity index (χ4v) is 5.91. The standard InChI is InChI=1S/C26H32N6O3S/c1-18-5-7-19(8-6-18)15-27-21(33)16-32-17-28-23-22(25(32)35)36-26(29-23)31-13-9-20(10-14-31)24(34)30-11-3-2-4-12-30/h5-8,17,20H,2-4,9-16H2,1H3,(H,27,33). The Balaban J connectivity index is 1.20. The maximum absolute atomic E-state index is 13.0. The third kappa shape index (κ3) is 5.43. The maximum Gasteiger partial charge on any atom is 0.273 e. The van der Waals surface area contributed by atoms with Gasteiger partial charge in [0.05, 0.1) is 0 Å². The molecule has 0 spiro atoms. The number of thiazole rings is 1. The minimum atomic E-state index is -0.260. The molecule has 0 atom stereocenters. The highest BCUT2D eigenvalue weighted by atomic mass is 32.1. The Morgan fingerprint density at radius 2 is 1.78 bits per heavy atom. The molecular formula is C26H32N6O3S. The van der Waals surface area contributed by atoms with E-state index < -0.39 is 0 Å². The van der Waals surface area contributed by atoms with Crippen molar-refractivity contribution < 1.29 is 9.59 Å². The first-order valence-corrected chi connectivity index (χ1v) is 13.5. The van der Waals surface area contributed by atoms with Crippen LogP contribution in [0, 0.1) is 12.8 Å². The smallest absolute Gasteiger partial charge is 0.273 e. The lowest BCUT2D eigenvalue weighted by molar-refractivity contribution is -0.137. The molecule has 190 valence electrons.